The van der Waals surface area contributed by atoms with Gasteiger partial charge in [0.2, 0.25) is 5.89 Å². The number of anilines is 3. The van der Waals surface area contributed by atoms with E-state index in [1.807, 2.05) is 42.5 Å². The molecule has 0 fully saturated rings. The van der Waals surface area contributed by atoms with E-state index in [4.69, 9.17) is 18.2 Å². The minimum atomic E-state index is 0.582. The number of nitrogens with zero attached hydrogens (tertiary/aromatic N) is 2. The molecule has 0 aliphatic heterocycles. The lowest BCUT2D eigenvalue weighted by Gasteiger charge is -2.25. The Hall–Kier alpha value is -7.11. The summed E-state index contributed by atoms with van der Waals surface area (Å²) in [6.45, 7) is 0. The second-order valence-electron chi connectivity index (χ2n) is 13.2. The van der Waals surface area contributed by atoms with Gasteiger partial charge in [-0.05, 0) is 82.6 Å². The van der Waals surface area contributed by atoms with Gasteiger partial charge in [-0.3, -0.25) is 0 Å². The SMILES string of the molecule is c1ccc(-c2ccc(N(c3ccc4c(c3)oc3ccccc34)c3cccc4c3oc3ccc5nc(-c6ccc7ccccc7c6)oc5c34)cc2)cc1. The quantitative estimate of drug-likeness (QED) is 0.183. The molecule has 0 N–H and O–H groups in total. The fraction of sp³-hybridized carbons (Fsp3) is 0. The lowest BCUT2D eigenvalue weighted by molar-refractivity contribution is 0.622. The second-order valence-corrected chi connectivity index (χ2v) is 13.2. The van der Waals surface area contributed by atoms with E-state index in [1.165, 1.54) is 10.9 Å². The third-order valence-corrected chi connectivity index (χ3v) is 10.1. The Morgan fingerprint density at radius 1 is 0.404 bits per heavy atom. The van der Waals surface area contributed by atoms with Crippen molar-refractivity contribution in [2.24, 2.45) is 0 Å². The molecular formula is C47H28N2O3. The van der Waals surface area contributed by atoms with Gasteiger partial charge in [0, 0.05) is 33.5 Å². The Morgan fingerprint density at radius 3 is 2.04 bits per heavy atom. The molecule has 0 atom stereocenters. The standard InChI is InChI=1S/C47H28N2O3/c1-2-9-29(10-3-1)31-19-21-34(22-20-31)49(35-23-24-37-36-13-6-7-16-41(36)50-43(37)28-35)40-15-8-14-38-44-42(51-45(38)40)26-25-39-46(44)52-47(48-39)33-18-17-30-11-4-5-12-32(30)27-33/h1-28H. The molecule has 0 aliphatic rings. The molecule has 11 rings (SSSR count). The highest BCUT2D eigenvalue weighted by Gasteiger charge is 2.23. The molecule has 3 aromatic heterocycles. The summed E-state index contributed by atoms with van der Waals surface area (Å²) in [7, 11) is 0. The Labute approximate surface area is 297 Å². The summed E-state index contributed by atoms with van der Waals surface area (Å²) in [6.07, 6.45) is 0. The Morgan fingerprint density at radius 2 is 1.13 bits per heavy atom. The van der Waals surface area contributed by atoms with Crippen LogP contribution in [0.4, 0.5) is 17.1 Å². The molecule has 0 bridgehead atoms. The van der Waals surface area contributed by atoms with Gasteiger partial charge in [-0.15, -0.1) is 0 Å². The first-order chi connectivity index (χ1) is 25.7. The minimum absolute atomic E-state index is 0.582. The number of oxazole rings is 1. The summed E-state index contributed by atoms with van der Waals surface area (Å²) in [6, 6.07) is 58.6. The second kappa shape index (κ2) is 11.2. The first-order valence-electron chi connectivity index (χ1n) is 17.4. The van der Waals surface area contributed by atoms with Gasteiger partial charge in [0.15, 0.2) is 11.2 Å². The fourth-order valence-corrected chi connectivity index (χ4v) is 7.59. The molecule has 3 heterocycles. The van der Waals surface area contributed by atoms with Crippen LogP contribution >= 0.6 is 0 Å². The molecule has 52 heavy (non-hydrogen) atoms. The van der Waals surface area contributed by atoms with E-state index >= 15 is 0 Å². The Balaban J connectivity index is 1.10. The smallest absolute Gasteiger partial charge is 0.227 e. The average molecular weight is 669 g/mol. The van der Waals surface area contributed by atoms with E-state index < -0.39 is 0 Å². The average Bonchev–Trinajstić information content (AvgIpc) is 3.92. The summed E-state index contributed by atoms with van der Waals surface area (Å²) in [5.41, 5.74) is 10.8. The highest BCUT2D eigenvalue weighted by molar-refractivity contribution is 6.19. The van der Waals surface area contributed by atoms with Gasteiger partial charge >= 0.3 is 0 Å². The van der Waals surface area contributed by atoms with Crippen molar-refractivity contribution in [2.75, 3.05) is 4.90 Å². The Bertz CT molecular complexity index is 3130. The van der Waals surface area contributed by atoms with Crippen molar-refractivity contribution in [2.45, 2.75) is 0 Å². The number of rotatable bonds is 5. The third-order valence-electron chi connectivity index (χ3n) is 10.1. The number of hydrogen-bond acceptors (Lipinski definition) is 5. The number of hydrogen-bond donors (Lipinski definition) is 0. The summed E-state index contributed by atoms with van der Waals surface area (Å²) in [5, 5.41) is 6.35. The van der Waals surface area contributed by atoms with Crippen LogP contribution in [0.1, 0.15) is 0 Å². The third kappa shape index (κ3) is 4.46. The van der Waals surface area contributed by atoms with Crippen molar-refractivity contribution in [3.05, 3.63) is 170 Å². The maximum Gasteiger partial charge on any atom is 0.227 e. The number of fused-ring (bicyclic) bond motifs is 9. The molecular weight excluding hydrogens is 641 g/mol. The van der Waals surface area contributed by atoms with Crippen LogP contribution in [0.5, 0.6) is 0 Å². The molecule has 0 spiro atoms. The van der Waals surface area contributed by atoms with Gasteiger partial charge in [0.05, 0.1) is 16.8 Å². The first-order valence-corrected chi connectivity index (χ1v) is 17.4. The minimum Gasteiger partial charge on any atom is -0.456 e. The van der Waals surface area contributed by atoms with Crippen LogP contribution < -0.4 is 4.90 Å². The zero-order chi connectivity index (χ0) is 34.2. The van der Waals surface area contributed by atoms with Gasteiger partial charge in [0.1, 0.15) is 22.3 Å². The van der Waals surface area contributed by atoms with Gasteiger partial charge in [0.25, 0.3) is 0 Å². The highest BCUT2D eigenvalue weighted by atomic mass is 16.4. The van der Waals surface area contributed by atoms with Crippen LogP contribution in [0.15, 0.2) is 183 Å². The van der Waals surface area contributed by atoms with E-state index in [1.54, 1.807) is 0 Å². The van der Waals surface area contributed by atoms with E-state index in [9.17, 15) is 0 Å². The molecule has 5 heteroatoms. The molecule has 0 unspecified atom stereocenters. The summed E-state index contributed by atoms with van der Waals surface area (Å²) < 4.78 is 19.7. The summed E-state index contributed by atoms with van der Waals surface area (Å²) in [4.78, 5) is 7.17. The van der Waals surface area contributed by atoms with Crippen molar-refractivity contribution in [1.29, 1.82) is 0 Å². The monoisotopic (exact) mass is 668 g/mol. The fourth-order valence-electron chi connectivity index (χ4n) is 7.59. The highest BCUT2D eigenvalue weighted by Crippen LogP contribution is 2.45. The lowest BCUT2D eigenvalue weighted by Crippen LogP contribution is -2.10. The Kier molecular flexibility index (Phi) is 6.18. The summed E-state index contributed by atoms with van der Waals surface area (Å²) in [5.74, 6) is 0.582. The van der Waals surface area contributed by atoms with Gasteiger partial charge < -0.3 is 18.2 Å². The molecule has 11 aromatic rings. The van der Waals surface area contributed by atoms with Gasteiger partial charge in [-0.2, -0.15) is 0 Å². The van der Waals surface area contributed by atoms with Crippen LogP contribution in [0, 0.1) is 0 Å². The number of furan rings is 2. The maximum atomic E-state index is 6.76. The van der Waals surface area contributed by atoms with Crippen molar-refractivity contribution in [3.8, 4) is 22.6 Å². The van der Waals surface area contributed by atoms with E-state index in [0.717, 1.165) is 83.0 Å². The molecule has 0 saturated carbocycles. The largest absolute Gasteiger partial charge is 0.456 e. The van der Waals surface area contributed by atoms with Crippen molar-refractivity contribution >= 4 is 82.8 Å². The van der Waals surface area contributed by atoms with Crippen LogP contribution in [-0.2, 0) is 0 Å². The topological polar surface area (TPSA) is 55.6 Å². The van der Waals surface area contributed by atoms with Crippen LogP contribution in [0.2, 0.25) is 0 Å². The first kappa shape index (κ1) is 28.7. The van der Waals surface area contributed by atoms with Gasteiger partial charge in [-0.25, -0.2) is 4.98 Å². The molecule has 0 saturated heterocycles. The molecule has 5 nitrogen and oxygen atoms in total. The van der Waals surface area contributed by atoms with Gasteiger partial charge in [-0.1, -0.05) is 103 Å². The van der Waals surface area contributed by atoms with Crippen molar-refractivity contribution in [1.82, 2.24) is 4.98 Å². The maximum absolute atomic E-state index is 6.76. The molecule has 0 aliphatic carbocycles. The number of para-hydroxylation sites is 2. The van der Waals surface area contributed by atoms with Crippen molar-refractivity contribution in [3.63, 3.8) is 0 Å². The predicted octanol–water partition coefficient (Wildman–Crippen LogP) is 13.6. The molecule has 8 aromatic carbocycles. The van der Waals surface area contributed by atoms with E-state index in [0.29, 0.717) is 11.5 Å². The molecule has 0 radical (unpaired) electrons. The zero-order valence-electron chi connectivity index (χ0n) is 27.8. The van der Waals surface area contributed by atoms with Crippen LogP contribution in [0.3, 0.4) is 0 Å². The predicted molar refractivity (Wildman–Crippen MR) is 212 cm³/mol. The normalized spacial score (nSPS) is 11.8. The number of benzene rings is 8. The van der Waals surface area contributed by atoms with E-state index in [2.05, 4.69) is 132 Å². The summed E-state index contributed by atoms with van der Waals surface area (Å²) >= 11 is 0. The molecule has 244 valence electrons. The number of aromatic nitrogens is 1. The van der Waals surface area contributed by atoms with Crippen molar-refractivity contribution < 1.29 is 13.3 Å². The zero-order valence-corrected chi connectivity index (χ0v) is 27.8. The molecule has 0 amide bonds. The van der Waals surface area contributed by atoms with Crippen LogP contribution in [0.25, 0.3) is 88.3 Å². The lowest BCUT2D eigenvalue weighted by atomic mass is 10.0. The van der Waals surface area contributed by atoms with E-state index in [-0.39, 0.29) is 0 Å². The van der Waals surface area contributed by atoms with Crippen LogP contribution in [-0.4, -0.2) is 4.98 Å².